The number of carbonyl (C=O) groups is 1. The first-order chi connectivity index (χ1) is 10.9. The van der Waals surface area contributed by atoms with Crippen LogP contribution in [0.1, 0.15) is 51.0 Å². The Morgan fingerprint density at radius 1 is 1.39 bits per heavy atom. The van der Waals surface area contributed by atoms with Crippen molar-refractivity contribution in [1.82, 2.24) is 20.0 Å². The smallest absolute Gasteiger partial charge is 0.225 e. The number of amides is 1. The molecule has 0 aromatic carbocycles. The molecule has 0 saturated carbocycles. The van der Waals surface area contributed by atoms with Crippen LogP contribution in [-0.2, 0) is 17.8 Å². The summed E-state index contributed by atoms with van der Waals surface area (Å²) in [5, 5.41) is 7.88. The average Bonchev–Trinajstić information content (AvgIpc) is 2.93. The normalized spacial score (nSPS) is 21.0. The van der Waals surface area contributed by atoms with E-state index in [1.165, 1.54) is 18.5 Å². The van der Waals surface area contributed by atoms with Crippen molar-refractivity contribution in [3.8, 4) is 0 Å². The minimum atomic E-state index is -1.31. The highest BCUT2D eigenvalue weighted by atomic mass is 19.1. The van der Waals surface area contributed by atoms with Gasteiger partial charge in [-0.25, -0.2) is 4.39 Å². The van der Waals surface area contributed by atoms with Crippen LogP contribution in [0.3, 0.4) is 0 Å². The highest BCUT2D eigenvalue weighted by Crippen LogP contribution is 2.27. The molecule has 6 heteroatoms. The van der Waals surface area contributed by atoms with Gasteiger partial charge in [0.05, 0.1) is 18.8 Å². The maximum atomic E-state index is 14.6. The standard InChI is InChI=1S/C17H27FN4O/c1-12(2)16(23)21-10-17(18,11-21)9-19-13(3)15-8-14-6-4-5-7-22(14)20-15/h8,12-13,19H,4-7,9-11H2,1-3H3. The Bertz CT molecular complexity index is 554. The number of halogens is 1. The minimum absolute atomic E-state index is 0.0237. The Labute approximate surface area is 137 Å². The molecule has 1 aromatic heterocycles. The van der Waals surface area contributed by atoms with Gasteiger partial charge in [-0.1, -0.05) is 13.8 Å². The van der Waals surface area contributed by atoms with Crippen LogP contribution in [0.25, 0.3) is 0 Å². The van der Waals surface area contributed by atoms with Crippen molar-refractivity contribution in [1.29, 1.82) is 0 Å². The molecule has 0 aliphatic carbocycles. The van der Waals surface area contributed by atoms with Gasteiger partial charge in [-0.3, -0.25) is 9.48 Å². The van der Waals surface area contributed by atoms with Crippen LogP contribution in [0.2, 0.25) is 0 Å². The molecule has 23 heavy (non-hydrogen) atoms. The van der Waals surface area contributed by atoms with E-state index in [4.69, 9.17) is 0 Å². The van der Waals surface area contributed by atoms with E-state index in [1.807, 2.05) is 20.8 Å². The summed E-state index contributed by atoms with van der Waals surface area (Å²) in [7, 11) is 0. The van der Waals surface area contributed by atoms with Crippen LogP contribution in [0.5, 0.6) is 0 Å². The molecule has 3 rings (SSSR count). The summed E-state index contributed by atoms with van der Waals surface area (Å²) in [6.45, 7) is 7.36. The van der Waals surface area contributed by atoms with E-state index in [1.54, 1.807) is 4.90 Å². The molecule has 1 N–H and O–H groups in total. The van der Waals surface area contributed by atoms with E-state index < -0.39 is 5.67 Å². The molecular weight excluding hydrogens is 295 g/mol. The second-order valence-electron chi connectivity index (χ2n) is 7.34. The first-order valence-corrected chi connectivity index (χ1v) is 8.66. The highest BCUT2D eigenvalue weighted by Gasteiger charge is 2.46. The van der Waals surface area contributed by atoms with Crippen LogP contribution < -0.4 is 5.32 Å². The van der Waals surface area contributed by atoms with Crippen molar-refractivity contribution in [2.24, 2.45) is 5.92 Å². The van der Waals surface area contributed by atoms with Crippen molar-refractivity contribution in [3.63, 3.8) is 0 Å². The van der Waals surface area contributed by atoms with Gasteiger partial charge in [-0.2, -0.15) is 5.10 Å². The number of hydrogen-bond acceptors (Lipinski definition) is 3. The number of alkyl halides is 1. The van der Waals surface area contributed by atoms with Crippen LogP contribution >= 0.6 is 0 Å². The summed E-state index contributed by atoms with van der Waals surface area (Å²) in [5.41, 5.74) is 0.963. The second kappa shape index (κ2) is 6.23. The number of fused-ring (bicyclic) bond motifs is 1. The number of nitrogens with one attached hydrogen (secondary N) is 1. The molecule has 2 aliphatic heterocycles. The topological polar surface area (TPSA) is 50.2 Å². The number of aromatic nitrogens is 2. The third-order valence-corrected chi connectivity index (χ3v) is 4.86. The Kier molecular flexibility index (Phi) is 4.45. The van der Waals surface area contributed by atoms with Gasteiger partial charge in [0.15, 0.2) is 5.67 Å². The predicted molar refractivity (Wildman–Crippen MR) is 86.8 cm³/mol. The van der Waals surface area contributed by atoms with Crippen molar-refractivity contribution >= 4 is 5.91 Å². The number of hydrogen-bond donors (Lipinski definition) is 1. The molecule has 1 fully saturated rings. The summed E-state index contributed by atoms with van der Waals surface area (Å²) in [5.74, 6) is -0.0311. The van der Waals surface area contributed by atoms with Gasteiger partial charge in [0.2, 0.25) is 5.91 Å². The third kappa shape index (κ3) is 3.42. The van der Waals surface area contributed by atoms with Gasteiger partial charge in [0.1, 0.15) is 0 Å². The lowest BCUT2D eigenvalue weighted by Gasteiger charge is -2.45. The Balaban J connectivity index is 1.51. The predicted octanol–water partition coefficient (Wildman–Crippen LogP) is 2.08. The molecule has 1 atom stereocenters. The molecule has 0 bridgehead atoms. The number of nitrogens with zero attached hydrogens (tertiary/aromatic N) is 3. The summed E-state index contributed by atoms with van der Waals surface area (Å²) >= 11 is 0. The van der Waals surface area contributed by atoms with Crippen molar-refractivity contribution in [3.05, 3.63) is 17.5 Å². The first kappa shape index (κ1) is 16.4. The zero-order valence-electron chi connectivity index (χ0n) is 14.3. The lowest BCUT2D eigenvalue weighted by Crippen LogP contribution is -2.65. The number of aryl methyl sites for hydroxylation is 2. The molecule has 1 unspecified atom stereocenters. The molecule has 0 spiro atoms. The van der Waals surface area contributed by atoms with E-state index in [2.05, 4.69) is 21.2 Å². The fraction of sp³-hybridized carbons (Fsp3) is 0.765. The molecule has 5 nitrogen and oxygen atoms in total. The van der Waals surface area contributed by atoms with Gasteiger partial charge >= 0.3 is 0 Å². The Morgan fingerprint density at radius 2 is 2.13 bits per heavy atom. The van der Waals surface area contributed by atoms with E-state index >= 15 is 0 Å². The van der Waals surface area contributed by atoms with Crippen molar-refractivity contribution in [2.75, 3.05) is 19.6 Å². The second-order valence-corrected chi connectivity index (χ2v) is 7.34. The molecular formula is C17H27FN4O. The summed E-state index contributed by atoms with van der Waals surface area (Å²) < 4.78 is 16.7. The average molecular weight is 322 g/mol. The summed E-state index contributed by atoms with van der Waals surface area (Å²) in [6.07, 6.45) is 3.49. The summed E-state index contributed by atoms with van der Waals surface area (Å²) in [6, 6.07) is 2.16. The van der Waals surface area contributed by atoms with Gasteiger partial charge in [-0.05, 0) is 32.3 Å². The lowest BCUT2D eigenvalue weighted by molar-refractivity contribution is -0.148. The minimum Gasteiger partial charge on any atom is -0.336 e. The molecule has 1 aromatic rings. The van der Waals surface area contributed by atoms with Crippen molar-refractivity contribution in [2.45, 2.75) is 58.3 Å². The maximum absolute atomic E-state index is 14.6. The molecule has 128 valence electrons. The van der Waals surface area contributed by atoms with Crippen LogP contribution in [-0.4, -0.2) is 45.9 Å². The summed E-state index contributed by atoms with van der Waals surface area (Å²) in [4.78, 5) is 13.4. The molecule has 3 heterocycles. The van der Waals surface area contributed by atoms with Gasteiger partial charge < -0.3 is 10.2 Å². The lowest BCUT2D eigenvalue weighted by atomic mass is 9.94. The first-order valence-electron chi connectivity index (χ1n) is 8.66. The zero-order chi connectivity index (χ0) is 16.6. The van der Waals surface area contributed by atoms with E-state index in [0.717, 1.165) is 18.7 Å². The fourth-order valence-electron chi connectivity index (χ4n) is 3.36. The number of rotatable bonds is 5. The maximum Gasteiger partial charge on any atom is 0.225 e. The van der Waals surface area contributed by atoms with Gasteiger partial charge in [0, 0.05) is 30.7 Å². The number of likely N-dealkylation sites (tertiary alicyclic amines) is 1. The Morgan fingerprint density at radius 3 is 2.78 bits per heavy atom. The largest absolute Gasteiger partial charge is 0.336 e. The van der Waals surface area contributed by atoms with Gasteiger partial charge in [0.25, 0.3) is 0 Å². The molecule has 2 aliphatic rings. The monoisotopic (exact) mass is 322 g/mol. The molecule has 1 saturated heterocycles. The zero-order valence-corrected chi connectivity index (χ0v) is 14.3. The fourth-order valence-corrected chi connectivity index (χ4v) is 3.36. The molecule has 0 radical (unpaired) electrons. The molecule has 1 amide bonds. The van der Waals surface area contributed by atoms with Crippen molar-refractivity contribution < 1.29 is 9.18 Å². The van der Waals surface area contributed by atoms with Crippen LogP contribution in [0.15, 0.2) is 6.07 Å². The number of carbonyl (C=O) groups excluding carboxylic acids is 1. The quantitative estimate of drug-likeness (QED) is 0.903. The van der Waals surface area contributed by atoms with E-state index in [0.29, 0.717) is 0 Å². The van der Waals surface area contributed by atoms with E-state index in [-0.39, 0.29) is 37.5 Å². The Hall–Kier alpha value is -1.43. The SMILES string of the molecule is CC(C)C(=O)N1CC(F)(CNC(C)c2cc3n(n2)CCCC3)C1. The van der Waals surface area contributed by atoms with Gasteiger partial charge in [-0.15, -0.1) is 0 Å². The van der Waals surface area contributed by atoms with Crippen LogP contribution in [0, 0.1) is 5.92 Å². The highest BCUT2D eigenvalue weighted by molar-refractivity contribution is 5.79. The third-order valence-electron chi connectivity index (χ3n) is 4.86. The van der Waals surface area contributed by atoms with Crippen LogP contribution in [0.4, 0.5) is 4.39 Å². The van der Waals surface area contributed by atoms with E-state index in [9.17, 15) is 9.18 Å².